The van der Waals surface area contributed by atoms with Crippen molar-refractivity contribution in [2.45, 2.75) is 13.8 Å². The summed E-state index contributed by atoms with van der Waals surface area (Å²) in [5, 5.41) is 10.2. The van der Waals surface area contributed by atoms with Crippen molar-refractivity contribution in [3.8, 4) is 16.9 Å². The van der Waals surface area contributed by atoms with Gasteiger partial charge in [-0.25, -0.2) is 0 Å². The number of aromatic nitrogens is 1. The smallest absolute Gasteiger partial charge is 0.187 e. The molecule has 0 fully saturated rings. The van der Waals surface area contributed by atoms with Crippen LogP contribution in [0, 0.1) is 19.3 Å². The predicted molar refractivity (Wildman–Crippen MR) is 84.4 cm³/mol. The van der Waals surface area contributed by atoms with Crippen LogP contribution in [0.15, 0.2) is 53.9 Å². The van der Waals surface area contributed by atoms with Gasteiger partial charge in [0, 0.05) is 11.1 Å². The lowest BCUT2D eigenvalue weighted by Crippen LogP contribution is -2.11. The van der Waals surface area contributed by atoms with E-state index < -0.39 is 0 Å². The quantitative estimate of drug-likeness (QED) is 0.725. The van der Waals surface area contributed by atoms with E-state index in [9.17, 15) is 0 Å². The highest BCUT2D eigenvalue weighted by atomic mass is 32.1. The minimum Gasteiger partial charge on any atom is -0.286 e. The standard InChI is InChI=1S/C17H16N2S/c1-12-3-7-14(8-4-12)16-11-20-17(18)19(16)15-9-5-13(2)6-10-15/h3-11,18H,1-2H3. The van der Waals surface area contributed by atoms with Gasteiger partial charge in [-0.3, -0.25) is 9.98 Å². The van der Waals surface area contributed by atoms with E-state index in [1.807, 2.05) is 9.95 Å². The molecule has 0 spiro atoms. The van der Waals surface area contributed by atoms with E-state index in [1.165, 1.54) is 22.5 Å². The maximum atomic E-state index is 8.16. The fraction of sp³-hybridized carbons (Fsp3) is 0.118. The normalized spacial score (nSPS) is 10.7. The monoisotopic (exact) mass is 280 g/mol. The molecule has 3 aromatic rings. The average Bonchev–Trinajstić information content (AvgIpc) is 2.83. The molecule has 2 nitrogen and oxygen atoms in total. The van der Waals surface area contributed by atoms with Gasteiger partial charge in [0.05, 0.1) is 5.69 Å². The lowest BCUT2D eigenvalue weighted by molar-refractivity contribution is 0.986. The molecule has 1 aromatic heterocycles. The first kappa shape index (κ1) is 12.9. The topological polar surface area (TPSA) is 28.8 Å². The molecule has 0 saturated heterocycles. The van der Waals surface area contributed by atoms with Crippen LogP contribution < -0.4 is 4.80 Å². The first-order valence-electron chi connectivity index (χ1n) is 6.54. The van der Waals surface area contributed by atoms with Gasteiger partial charge in [-0.1, -0.05) is 47.5 Å². The fourth-order valence-electron chi connectivity index (χ4n) is 2.20. The molecule has 0 radical (unpaired) electrons. The maximum absolute atomic E-state index is 8.16. The van der Waals surface area contributed by atoms with Crippen LogP contribution in [0.1, 0.15) is 11.1 Å². The molecule has 0 amide bonds. The van der Waals surface area contributed by atoms with Crippen LogP contribution in [0.5, 0.6) is 0 Å². The third kappa shape index (κ3) is 2.32. The van der Waals surface area contributed by atoms with Gasteiger partial charge in [-0.15, -0.1) is 11.3 Å². The number of hydrogen-bond donors (Lipinski definition) is 1. The lowest BCUT2D eigenvalue weighted by atomic mass is 10.1. The molecule has 0 unspecified atom stereocenters. The SMILES string of the molecule is Cc1ccc(-c2csc(=N)n2-c2ccc(C)cc2)cc1. The van der Waals surface area contributed by atoms with Crippen molar-refractivity contribution in [2.24, 2.45) is 0 Å². The second-order valence-electron chi connectivity index (χ2n) is 4.96. The molecule has 2 aromatic carbocycles. The Morgan fingerprint density at radius 2 is 1.40 bits per heavy atom. The summed E-state index contributed by atoms with van der Waals surface area (Å²) < 4.78 is 1.99. The van der Waals surface area contributed by atoms with Crippen LogP contribution in [0.3, 0.4) is 0 Å². The number of benzene rings is 2. The Morgan fingerprint density at radius 3 is 2.00 bits per heavy atom. The van der Waals surface area contributed by atoms with Crippen LogP contribution in [-0.4, -0.2) is 4.57 Å². The predicted octanol–water partition coefficient (Wildman–Crippen LogP) is 4.30. The molecule has 1 N–H and O–H groups in total. The first-order valence-corrected chi connectivity index (χ1v) is 7.42. The highest BCUT2D eigenvalue weighted by Crippen LogP contribution is 2.23. The molecule has 0 aliphatic rings. The van der Waals surface area contributed by atoms with Gasteiger partial charge < -0.3 is 0 Å². The van der Waals surface area contributed by atoms with E-state index in [0.29, 0.717) is 4.80 Å². The molecule has 0 saturated carbocycles. The maximum Gasteiger partial charge on any atom is 0.187 e. The summed E-state index contributed by atoms with van der Waals surface area (Å²) in [6, 6.07) is 16.7. The third-order valence-corrected chi connectivity index (χ3v) is 4.11. The lowest BCUT2D eigenvalue weighted by Gasteiger charge is -2.09. The van der Waals surface area contributed by atoms with Crippen LogP contribution in [0.25, 0.3) is 16.9 Å². The molecule has 3 rings (SSSR count). The Morgan fingerprint density at radius 1 is 0.850 bits per heavy atom. The second kappa shape index (κ2) is 5.10. The number of nitrogens with zero attached hydrogens (tertiary/aromatic N) is 1. The van der Waals surface area contributed by atoms with Gasteiger partial charge in [0.1, 0.15) is 0 Å². The molecule has 3 heteroatoms. The zero-order chi connectivity index (χ0) is 14.1. The fourth-order valence-corrected chi connectivity index (χ4v) is 2.97. The minimum absolute atomic E-state index is 0.546. The molecule has 0 aliphatic heterocycles. The van der Waals surface area contributed by atoms with Crippen molar-refractivity contribution in [3.63, 3.8) is 0 Å². The Labute approximate surface area is 122 Å². The van der Waals surface area contributed by atoms with Gasteiger partial charge in [-0.2, -0.15) is 0 Å². The molecule has 1 heterocycles. The molecule has 0 aliphatic carbocycles. The molecular weight excluding hydrogens is 264 g/mol. The second-order valence-corrected chi connectivity index (χ2v) is 5.82. The molecular formula is C17H16N2S. The van der Waals surface area contributed by atoms with E-state index >= 15 is 0 Å². The van der Waals surface area contributed by atoms with Crippen LogP contribution in [0.2, 0.25) is 0 Å². The first-order chi connectivity index (χ1) is 9.65. The minimum atomic E-state index is 0.546. The van der Waals surface area contributed by atoms with E-state index in [1.54, 1.807) is 0 Å². The van der Waals surface area contributed by atoms with Crippen molar-refractivity contribution in [2.75, 3.05) is 0 Å². The summed E-state index contributed by atoms with van der Waals surface area (Å²) in [6.45, 7) is 4.16. The summed E-state index contributed by atoms with van der Waals surface area (Å²) >= 11 is 1.46. The summed E-state index contributed by atoms with van der Waals surface area (Å²) in [5.41, 5.74) is 5.73. The number of thiazole rings is 1. The molecule has 20 heavy (non-hydrogen) atoms. The van der Waals surface area contributed by atoms with Crippen LogP contribution >= 0.6 is 11.3 Å². The summed E-state index contributed by atoms with van der Waals surface area (Å²) in [5.74, 6) is 0. The zero-order valence-corrected chi connectivity index (χ0v) is 12.4. The average molecular weight is 280 g/mol. The Balaban J connectivity index is 2.17. The highest BCUT2D eigenvalue weighted by molar-refractivity contribution is 7.07. The van der Waals surface area contributed by atoms with Gasteiger partial charge in [0.2, 0.25) is 0 Å². The van der Waals surface area contributed by atoms with E-state index in [-0.39, 0.29) is 0 Å². The van der Waals surface area contributed by atoms with Crippen molar-refractivity contribution < 1.29 is 0 Å². The van der Waals surface area contributed by atoms with E-state index in [0.717, 1.165) is 16.9 Å². The van der Waals surface area contributed by atoms with Gasteiger partial charge >= 0.3 is 0 Å². The summed E-state index contributed by atoms with van der Waals surface area (Å²) in [6.07, 6.45) is 0. The Bertz CT molecular complexity index is 777. The van der Waals surface area contributed by atoms with Crippen molar-refractivity contribution in [1.82, 2.24) is 4.57 Å². The van der Waals surface area contributed by atoms with Gasteiger partial charge in [-0.05, 0) is 31.5 Å². The third-order valence-electron chi connectivity index (χ3n) is 3.37. The van der Waals surface area contributed by atoms with Crippen molar-refractivity contribution >= 4 is 11.3 Å². The highest BCUT2D eigenvalue weighted by Gasteiger charge is 2.08. The number of hydrogen-bond acceptors (Lipinski definition) is 2. The van der Waals surface area contributed by atoms with E-state index in [2.05, 4.69) is 62.4 Å². The zero-order valence-electron chi connectivity index (χ0n) is 11.6. The Kier molecular flexibility index (Phi) is 3.28. The number of aryl methyl sites for hydroxylation is 2. The summed E-state index contributed by atoms with van der Waals surface area (Å²) in [4.78, 5) is 0.546. The van der Waals surface area contributed by atoms with Crippen LogP contribution in [-0.2, 0) is 0 Å². The summed E-state index contributed by atoms with van der Waals surface area (Å²) in [7, 11) is 0. The molecule has 0 bridgehead atoms. The Hall–Kier alpha value is -2.13. The van der Waals surface area contributed by atoms with E-state index in [4.69, 9.17) is 5.41 Å². The molecule has 100 valence electrons. The molecule has 0 atom stereocenters. The largest absolute Gasteiger partial charge is 0.286 e. The van der Waals surface area contributed by atoms with Crippen molar-refractivity contribution in [1.29, 1.82) is 5.41 Å². The number of rotatable bonds is 2. The number of nitrogens with one attached hydrogen (secondary N) is 1. The van der Waals surface area contributed by atoms with Gasteiger partial charge in [0.25, 0.3) is 0 Å². The van der Waals surface area contributed by atoms with Crippen LogP contribution in [0.4, 0.5) is 0 Å². The van der Waals surface area contributed by atoms with Crippen molar-refractivity contribution in [3.05, 3.63) is 69.8 Å². The van der Waals surface area contributed by atoms with Gasteiger partial charge in [0.15, 0.2) is 4.80 Å².